The summed E-state index contributed by atoms with van der Waals surface area (Å²) >= 11 is 0. The number of amides is 1. The molecule has 0 aliphatic heterocycles. The maximum Gasteiger partial charge on any atom is 0.416 e. The lowest BCUT2D eigenvalue weighted by Gasteiger charge is -2.26. The van der Waals surface area contributed by atoms with E-state index in [1.54, 1.807) is 13.8 Å². The smallest absolute Gasteiger partial charge is 0.350 e. The Labute approximate surface area is 168 Å². The molecule has 2 rings (SSSR count). The van der Waals surface area contributed by atoms with Gasteiger partial charge in [-0.2, -0.15) is 13.2 Å². The van der Waals surface area contributed by atoms with E-state index < -0.39 is 34.2 Å². The van der Waals surface area contributed by atoms with Crippen LogP contribution in [-0.4, -0.2) is 27.1 Å². The first-order valence-electron chi connectivity index (χ1n) is 8.77. The van der Waals surface area contributed by atoms with E-state index in [0.29, 0.717) is 16.8 Å². The van der Waals surface area contributed by atoms with Gasteiger partial charge in [-0.3, -0.25) is 9.10 Å². The molecule has 0 aliphatic rings. The third-order valence-corrected chi connectivity index (χ3v) is 5.43. The van der Waals surface area contributed by atoms with Crippen LogP contribution in [0.25, 0.3) is 0 Å². The number of carbonyl (C=O) groups is 1. The van der Waals surface area contributed by atoms with Crippen molar-refractivity contribution in [2.75, 3.05) is 17.1 Å². The van der Waals surface area contributed by atoms with E-state index in [4.69, 9.17) is 0 Å². The minimum atomic E-state index is -4.48. The molecule has 9 heteroatoms. The van der Waals surface area contributed by atoms with Crippen LogP contribution in [0.15, 0.2) is 36.4 Å². The van der Waals surface area contributed by atoms with Crippen molar-refractivity contribution in [3.63, 3.8) is 0 Å². The van der Waals surface area contributed by atoms with E-state index in [2.05, 4.69) is 5.32 Å². The average Bonchev–Trinajstić information content (AvgIpc) is 2.57. The molecule has 1 N–H and O–H groups in total. The van der Waals surface area contributed by atoms with Crippen molar-refractivity contribution < 1.29 is 26.4 Å². The summed E-state index contributed by atoms with van der Waals surface area (Å²) in [5, 5.41) is 2.49. The zero-order valence-corrected chi connectivity index (χ0v) is 17.4. The van der Waals surface area contributed by atoms with Crippen LogP contribution in [0.4, 0.5) is 18.9 Å². The number of anilines is 1. The maximum atomic E-state index is 12.8. The lowest BCUT2D eigenvalue weighted by molar-refractivity contribution is -0.137. The van der Waals surface area contributed by atoms with Gasteiger partial charge in [0.05, 0.1) is 17.5 Å². The van der Waals surface area contributed by atoms with E-state index >= 15 is 0 Å². The number of hydrogen-bond donors (Lipinski definition) is 1. The van der Waals surface area contributed by atoms with Gasteiger partial charge in [0, 0.05) is 6.54 Å². The summed E-state index contributed by atoms with van der Waals surface area (Å²) in [5.41, 5.74) is 2.26. The van der Waals surface area contributed by atoms with Crippen LogP contribution in [0.5, 0.6) is 0 Å². The number of rotatable bonds is 6. The summed E-state index contributed by atoms with van der Waals surface area (Å²) in [7, 11) is -3.76. The third kappa shape index (κ3) is 5.96. The predicted molar refractivity (Wildman–Crippen MR) is 106 cm³/mol. The average molecular weight is 428 g/mol. The van der Waals surface area contributed by atoms with Crippen LogP contribution in [-0.2, 0) is 27.5 Å². The predicted octanol–water partition coefficient (Wildman–Crippen LogP) is 3.71. The number of benzene rings is 2. The Hall–Kier alpha value is -2.55. The molecule has 0 fully saturated rings. The van der Waals surface area contributed by atoms with Crippen LogP contribution in [0.2, 0.25) is 0 Å². The van der Waals surface area contributed by atoms with Crippen molar-refractivity contribution in [1.29, 1.82) is 0 Å². The van der Waals surface area contributed by atoms with Crippen LogP contribution in [0, 0.1) is 20.8 Å². The molecule has 0 saturated heterocycles. The number of hydrogen-bond acceptors (Lipinski definition) is 3. The highest BCUT2D eigenvalue weighted by Crippen LogP contribution is 2.30. The summed E-state index contributed by atoms with van der Waals surface area (Å²) in [6, 6.07) is 8.24. The van der Waals surface area contributed by atoms with Crippen LogP contribution in [0.3, 0.4) is 0 Å². The normalized spacial score (nSPS) is 12.0. The quantitative estimate of drug-likeness (QED) is 0.763. The summed E-state index contributed by atoms with van der Waals surface area (Å²) in [5.74, 6) is -0.618. The highest BCUT2D eigenvalue weighted by Gasteiger charge is 2.30. The standard InChI is InChI=1S/C20H23F3N2O3S/c1-13-8-14(2)19(15(3)9-13)25(29(4,27)28)12-18(26)24-11-16-6-5-7-17(10-16)20(21,22)23/h5-10H,11-12H2,1-4H3,(H,24,26). The number of aryl methyl sites for hydroxylation is 3. The topological polar surface area (TPSA) is 66.5 Å². The van der Waals surface area contributed by atoms with Gasteiger partial charge >= 0.3 is 6.18 Å². The molecule has 0 radical (unpaired) electrons. The van der Waals surface area contributed by atoms with Crippen LogP contribution in [0.1, 0.15) is 27.8 Å². The SMILES string of the molecule is Cc1cc(C)c(N(CC(=O)NCc2cccc(C(F)(F)F)c2)S(C)(=O)=O)c(C)c1. The summed E-state index contributed by atoms with van der Waals surface area (Å²) in [4.78, 5) is 12.4. The molecule has 29 heavy (non-hydrogen) atoms. The zero-order valence-electron chi connectivity index (χ0n) is 16.6. The minimum Gasteiger partial charge on any atom is -0.350 e. The third-order valence-electron chi connectivity index (χ3n) is 4.32. The molecule has 0 heterocycles. The second-order valence-electron chi connectivity index (χ2n) is 6.99. The summed E-state index contributed by atoms with van der Waals surface area (Å²) in [6.45, 7) is 4.78. The molecule has 0 spiro atoms. The second-order valence-corrected chi connectivity index (χ2v) is 8.90. The fourth-order valence-corrected chi connectivity index (χ4v) is 4.14. The van der Waals surface area contributed by atoms with Gasteiger partial charge in [0.15, 0.2) is 0 Å². The number of nitrogens with one attached hydrogen (secondary N) is 1. The van der Waals surface area contributed by atoms with Crippen molar-refractivity contribution >= 4 is 21.6 Å². The van der Waals surface area contributed by atoms with Gasteiger partial charge in [0.1, 0.15) is 6.54 Å². The Kier molecular flexibility index (Phi) is 6.62. The van der Waals surface area contributed by atoms with Crippen molar-refractivity contribution in [3.05, 3.63) is 64.2 Å². The molecular formula is C20H23F3N2O3S. The van der Waals surface area contributed by atoms with Crippen molar-refractivity contribution in [3.8, 4) is 0 Å². The first-order chi connectivity index (χ1) is 13.3. The molecular weight excluding hydrogens is 405 g/mol. The number of alkyl halides is 3. The largest absolute Gasteiger partial charge is 0.416 e. The fraction of sp³-hybridized carbons (Fsp3) is 0.350. The Balaban J connectivity index is 2.19. The maximum absolute atomic E-state index is 12.8. The van der Waals surface area contributed by atoms with Gasteiger partial charge in [-0.15, -0.1) is 0 Å². The Morgan fingerprint density at radius 2 is 1.66 bits per heavy atom. The lowest BCUT2D eigenvalue weighted by Crippen LogP contribution is -2.40. The van der Waals surface area contributed by atoms with Gasteiger partial charge in [-0.05, 0) is 49.6 Å². The molecule has 158 valence electrons. The Morgan fingerprint density at radius 1 is 1.07 bits per heavy atom. The lowest BCUT2D eigenvalue weighted by atomic mass is 10.1. The molecule has 0 bridgehead atoms. The highest BCUT2D eigenvalue weighted by atomic mass is 32.2. The fourth-order valence-electron chi connectivity index (χ4n) is 3.17. The monoisotopic (exact) mass is 428 g/mol. The van der Waals surface area contributed by atoms with Gasteiger partial charge in [-0.25, -0.2) is 8.42 Å². The van der Waals surface area contributed by atoms with Crippen molar-refractivity contribution in [2.45, 2.75) is 33.5 Å². The van der Waals surface area contributed by atoms with Gasteiger partial charge in [0.2, 0.25) is 15.9 Å². The molecule has 0 saturated carbocycles. The van der Waals surface area contributed by atoms with Gasteiger partial charge < -0.3 is 5.32 Å². The van der Waals surface area contributed by atoms with E-state index in [0.717, 1.165) is 28.3 Å². The van der Waals surface area contributed by atoms with Gasteiger partial charge in [0.25, 0.3) is 0 Å². The number of nitrogens with zero attached hydrogens (tertiary/aromatic N) is 1. The van der Waals surface area contributed by atoms with E-state index in [1.807, 2.05) is 19.1 Å². The summed E-state index contributed by atoms with van der Waals surface area (Å²) in [6.07, 6.45) is -3.47. The highest BCUT2D eigenvalue weighted by molar-refractivity contribution is 7.92. The van der Waals surface area contributed by atoms with Crippen LogP contribution >= 0.6 is 0 Å². The van der Waals surface area contributed by atoms with E-state index in [9.17, 15) is 26.4 Å². The Morgan fingerprint density at radius 3 is 2.17 bits per heavy atom. The molecule has 0 atom stereocenters. The Bertz CT molecular complexity index is 995. The molecule has 0 aliphatic carbocycles. The van der Waals surface area contributed by atoms with E-state index in [-0.39, 0.29) is 12.1 Å². The molecule has 0 aromatic heterocycles. The molecule has 0 unspecified atom stereocenters. The van der Waals surface area contributed by atoms with E-state index in [1.165, 1.54) is 12.1 Å². The van der Waals surface area contributed by atoms with Crippen molar-refractivity contribution in [2.24, 2.45) is 0 Å². The number of halogens is 3. The minimum absolute atomic E-state index is 0.147. The van der Waals surface area contributed by atoms with Gasteiger partial charge in [-0.1, -0.05) is 29.8 Å². The van der Waals surface area contributed by atoms with Crippen LogP contribution < -0.4 is 9.62 Å². The number of carbonyl (C=O) groups excluding carboxylic acids is 1. The number of sulfonamides is 1. The molecule has 1 amide bonds. The first kappa shape index (κ1) is 22.7. The van der Waals surface area contributed by atoms with Crippen molar-refractivity contribution in [1.82, 2.24) is 5.32 Å². The summed E-state index contributed by atoms with van der Waals surface area (Å²) < 4.78 is 64.0. The molecule has 2 aromatic carbocycles. The molecule has 2 aromatic rings. The second kappa shape index (κ2) is 8.44. The zero-order chi connectivity index (χ0) is 22.0. The first-order valence-corrected chi connectivity index (χ1v) is 10.6. The molecule has 5 nitrogen and oxygen atoms in total.